The first-order valence-corrected chi connectivity index (χ1v) is 16.7. The molecule has 0 aliphatic carbocycles. The third-order valence-corrected chi connectivity index (χ3v) is 11.1. The molecular weight excluding hydrogens is 538 g/mol. The molecule has 3 aromatic rings. The number of H-pyrrole nitrogens is 1. The molecule has 1 N–H and O–H groups in total. The van der Waals surface area contributed by atoms with E-state index in [2.05, 4.69) is 19.8 Å². The van der Waals surface area contributed by atoms with Gasteiger partial charge in [-0.3, -0.25) is 9.13 Å². The van der Waals surface area contributed by atoms with Crippen LogP contribution in [0.15, 0.2) is 48.7 Å². The molecule has 1 aromatic carbocycles. The molecule has 10 nitrogen and oxygen atoms in total. The number of benzene rings is 1. The molecule has 0 fully saturated rings. The van der Waals surface area contributed by atoms with Crippen molar-refractivity contribution < 1.29 is 27.2 Å². The molecule has 216 valence electrons. The van der Waals surface area contributed by atoms with Crippen LogP contribution in [0, 0.1) is 0 Å². The van der Waals surface area contributed by atoms with Crippen molar-refractivity contribution in [3.63, 3.8) is 0 Å². The molecule has 2 aromatic heterocycles. The van der Waals surface area contributed by atoms with Crippen molar-refractivity contribution in [2.75, 3.05) is 69.6 Å². The second kappa shape index (κ2) is 14.4. The third kappa shape index (κ3) is 8.16. The lowest BCUT2D eigenvalue weighted by Crippen LogP contribution is -2.31. The average Bonchev–Trinajstić information content (AvgIpc) is 3.34. The van der Waals surface area contributed by atoms with Gasteiger partial charge in [-0.15, -0.1) is 0 Å². The second-order valence-electron chi connectivity index (χ2n) is 9.05. The maximum atomic E-state index is 14.0. The normalized spacial score (nSPS) is 13.1. The predicted molar refractivity (Wildman–Crippen MR) is 158 cm³/mol. The van der Waals surface area contributed by atoms with Gasteiger partial charge in [-0.25, -0.2) is 4.98 Å². The molecule has 39 heavy (non-hydrogen) atoms. The number of fused-ring (bicyclic) bond motifs is 1. The van der Waals surface area contributed by atoms with Crippen molar-refractivity contribution >= 4 is 37.6 Å². The zero-order valence-electron chi connectivity index (χ0n) is 23.8. The molecule has 0 saturated heterocycles. The molecule has 0 aliphatic rings. The Labute approximate surface area is 232 Å². The SMILES string of the molecule is CCOP(=O)(CC(c1cc2ccc(N(C)CCN(C)c3ccccn3)cc2[nH]1)P(=O)(OCC)OCC)OCC. The van der Waals surface area contributed by atoms with Gasteiger partial charge in [-0.1, -0.05) is 12.1 Å². The number of hydrogen-bond donors (Lipinski definition) is 1. The molecule has 0 aliphatic heterocycles. The molecule has 2 heterocycles. The topological polar surface area (TPSA) is 106 Å². The third-order valence-electron chi connectivity index (χ3n) is 6.29. The van der Waals surface area contributed by atoms with Crippen molar-refractivity contribution in [3.05, 3.63) is 54.4 Å². The van der Waals surface area contributed by atoms with E-state index in [9.17, 15) is 9.13 Å². The summed E-state index contributed by atoms with van der Waals surface area (Å²) in [5, 5.41) is 0.931. The largest absolute Gasteiger partial charge is 0.373 e. The summed E-state index contributed by atoms with van der Waals surface area (Å²) < 4.78 is 50.0. The average molecular weight is 581 g/mol. The first-order chi connectivity index (χ1) is 18.7. The predicted octanol–water partition coefficient (Wildman–Crippen LogP) is 6.71. The quantitative estimate of drug-likeness (QED) is 0.174. The van der Waals surface area contributed by atoms with E-state index in [1.165, 1.54) is 0 Å². The highest BCUT2D eigenvalue weighted by atomic mass is 31.2. The van der Waals surface area contributed by atoms with E-state index in [1.807, 2.05) is 56.6 Å². The van der Waals surface area contributed by atoms with E-state index in [0.29, 0.717) is 5.69 Å². The number of pyridine rings is 1. The molecule has 0 amide bonds. The van der Waals surface area contributed by atoms with E-state index in [4.69, 9.17) is 18.1 Å². The lowest BCUT2D eigenvalue weighted by atomic mass is 10.2. The zero-order valence-corrected chi connectivity index (χ0v) is 25.6. The van der Waals surface area contributed by atoms with E-state index in [0.717, 1.165) is 35.5 Å². The number of aromatic nitrogens is 2. The van der Waals surface area contributed by atoms with Crippen LogP contribution >= 0.6 is 15.2 Å². The minimum absolute atomic E-state index is 0.134. The van der Waals surface area contributed by atoms with Crippen molar-refractivity contribution in [1.82, 2.24) is 9.97 Å². The number of hydrogen-bond acceptors (Lipinski definition) is 9. The lowest BCUT2D eigenvalue weighted by Gasteiger charge is -2.28. The fraction of sp³-hybridized carbons (Fsp3) is 0.519. The summed E-state index contributed by atoms with van der Waals surface area (Å²) in [6.45, 7) is 9.36. The molecule has 1 atom stereocenters. The van der Waals surface area contributed by atoms with Gasteiger partial charge >= 0.3 is 15.2 Å². The first-order valence-electron chi connectivity index (χ1n) is 13.4. The number of nitrogens with zero attached hydrogens (tertiary/aromatic N) is 3. The van der Waals surface area contributed by atoms with Gasteiger partial charge in [0.1, 0.15) is 11.5 Å². The Balaban J connectivity index is 1.90. The summed E-state index contributed by atoms with van der Waals surface area (Å²) >= 11 is 0. The van der Waals surface area contributed by atoms with Crippen LogP contribution in [-0.2, 0) is 27.2 Å². The molecule has 12 heteroatoms. The molecular formula is C27H42N4O6P2. The highest BCUT2D eigenvalue weighted by Gasteiger charge is 2.44. The number of likely N-dealkylation sites (N-methyl/N-ethyl adjacent to an activating group) is 2. The Hall–Kier alpha value is -2.19. The van der Waals surface area contributed by atoms with Gasteiger partial charge in [0, 0.05) is 50.3 Å². The number of nitrogens with one attached hydrogen (secondary N) is 1. The minimum atomic E-state index is -3.72. The van der Waals surface area contributed by atoms with Gasteiger partial charge in [0.15, 0.2) is 0 Å². The van der Waals surface area contributed by atoms with Crippen LogP contribution in [0.3, 0.4) is 0 Å². The summed E-state index contributed by atoms with van der Waals surface area (Å²) in [5.41, 5.74) is 1.63. The highest BCUT2D eigenvalue weighted by molar-refractivity contribution is 7.58. The summed E-state index contributed by atoms with van der Waals surface area (Å²) in [5.74, 6) is 0.922. The maximum Gasteiger partial charge on any atom is 0.340 e. The monoisotopic (exact) mass is 580 g/mol. The fourth-order valence-corrected chi connectivity index (χ4v) is 9.10. The Morgan fingerprint density at radius 1 is 0.846 bits per heavy atom. The summed E-state index contributed by atoms with van der Waals surface area (Å²) in [6, 6.07) is 13.9. The Morgan fingerprint density at radius 3 is 2.08 bits per heavy atom. The van der Waals surface area contributed by atoms with Gasteiger partial charge in [0.2, 0.25) is 0 Å². The Bertz CT molecular complexity index is 1250. The van der Waals surface area contributed by atoms with Gasteiger partial charge in [-0.2, -0.15) is 0 Å². The van der Waals surface area contributed by atoms with Crippen molar-refractivity contribution in [1.29, 1.82) is 0 Å². The van der Waals surface area contributed by atoms with Crippen molar-refractivity contribution in [2.45, 2.75) is 33.4 Å². The van der Waals surface area contributed by atoms with Crippen molar-refractivity contribution in [3.8, 4) is 0 Å². The lowest BCUT2D eigenvalue weighted by molar-refractivity contribution is 0.203. The number of anilines is 2. The van der Waals surface area contributed by atoms with E-state index in [1.54, 1.807) is 33.9 Å². The Kier molecular flexibility index (Phi) is 11.6. The van der Waals surface area contributed by atoms with Crippen LogP contribution in [0.2, 0.25) is 0 Å². The Morgan fingerprint density at radius 2 is 1.49 bits per heavy atom. The second-order valence-corrected chi connectivity index (χ2v) is 13.4. The molecule has 3 rings (SSSR count). The molecule has 0 spiro atoms. The maximum absolute atomic E-state index is 14.0. The van der Waals surface area contributed by atoms with Crippen LogP contribution in [0.25, 0.3) is 10.9 Å². The fourth-order valence-electron chi connectivity index (χ4n) is 4.37. The highest BCUT2D eigenvalue weighted by Crippen LogP contribution is 2.66. The van der Waals surface area contributed by atoms with Crippen LogP contribution in [0.5, 0.6) is 0 Å². The minimum Gasteiger partial charge on any atom is -0.373 e. The standard InChI is InChI=1S/C27H42N4O6P2/c1-7-34-38(32,35-8-2)21-26(39(33,36-9-3)37-10-4)25-19-22-14-15-23(20-24(22)29-25)30(5)17-18-31(6)27-13-11-12-16-28-27/h11-16,19-20,26,29H,7-10,17-18,21H2,1-6H3. The summed E-state index contributed by atoms with van der Waals surface area (Å²) in [4.78, 5) is 12.1. The number of aromatic amines is 1. The van der Waals surface area contributed by atoms with E-state index in [-0.39, 0.29) is 32.6 Å². The van der Waals surface area contributed by atoms with Gasteiger partial charge in [0.25, 0.3) is 0 Å². The number of rotatable bonds is 17. The summed E-state index contributed by atoms with van der Waals surface area (Å²) in [6.07, 6.45) is 1.66. The van der Waals surface area contributed by atoms with Crippen LogP contribution < -0.4 is 9.80 Å². The summed E-state index contributed by atoms with van der Waals surface area (Å²) in [7, 11) is -3.22. The van der Waals surface area contributed by atoms with Crippen LogP contribution in [-0.4, -0.2) is 69.7 Å². The van der Waals surface area contributed by atoms with E-state index < -0.39 is 20.9 Å². The molecule has 0 radical (unpaired) electrons. The zero-order chi connectivity index (χ0) is 28.5. The van der Waals surface area contributed by atoms with Crippen LogP contribution in [0.4, 0.5) is 11.5 Å². The van der Waals surface area contributed by atoms with Gasteiger partial charge in [0.05, 0.1) is 32.6 Å². The van der Waals surface area contributed by atoms with Crippen LogP contribution in [0.1, 0.15) is 39.0 Å². The first kappa shape index (κ1) is 31.3. The molecule has 1 unspecified atom stereocenters. The van der Waals surface area contributed by atoms with Crippen molar-refractivity contribution in [2.24, 2.45) is 0 Å². The smallest absolute Gasteiger partial charge is 0.340 e. The van der Waals surface area contributed by atoms with Gasteiger partial charge in [-0.05, 0) is 63.4 Å². The molecule has 0 saturated carbocycles. The van der Waals surface area contributed by atoms with E-state index >= 15 is 0 Å². The molecule has 0 bridgehead atoms. The van der Waals surface area contributed by atoms with Gasteiger partial charge < -0.3 is 32.9 Å².